The number of fused-ring (bicyclic) bond motifs is 13. The largest absolute Gasteiger partial charge is 0.382 e. The van der Waals surface area contributed by atoms with E-state index < -0.39 is 146 Å². The molecule has 0 aliphatic heterocycles. The molecule has 1 spiro atoms. The first kappa shape index (κ1) is 9.36. The van der Waals surface area contributed by atoms with Gasteiger partial charge in [-0.2, -0.15) is 0 Å². The summed E-state index contributed by atoms with van der Waals surface area (Å²) in [6, 6.07) is 6.31. The highest BCUT2D eigenvalue weighted by Crippen LogP contribution is 2.76. The van der Waals surface area contributed by atoms with Gasteiger partial charge >= 0.3 is 0 Å². The number of anilines is 1. The number of hydrogen-bond acceptors (Lipinski definition) is 1. The number of benzene rings is 2. The number of rotatable bonds is 2. The van der Waals surface area contributed by atoms with Crippen molar-refractivity contribution in [1.29, 1.82) is 0 Å². The normalized spacial score (nSPS) is 79.7. The van der Waals surface area contributed by atoms with Crippen molar-refractivity contribution >= 4 is 5.69 Å². The van der Waals surface area contributed by atoms with E-state index in [4.69, 9.17) is 8.22 Å². The van der Waals surface area contributed by atoms with E-state index >= 15 is 0 Å². The van der Waals surface area contributed by atoms with Crippen LogP contribution in [0, 0.1) is 46.7 Å². The van der Waals surface area contributed by atoms with Gasteiger partial charge in [-0.25, -0.2) is 0 Å². The molecule has 0 radical (unpaired) electrons. The lowest BCUT2D eigenvalue weighted by Gasteiger charge is -2.49. The summed E-state index contributed by atoms with van der Waals surface area (Å²) >= 11 is 0. The predicted octanol–water partition coefficient (Wildman–Crippen LogP) is 10.3. The van der Waals surface area contributed by atoms with Gasteiger partial charge in [-0.05, 0) is 120 Å². The molecule has 2 aromatic rings. The van der Waals surface area contributed by atoms with Crippen molar-refractivity contribution in [2.24, 2.45) is 46.7 Å². The molecule has 5 saturated carbocycles. The molecule has 2 aromatic carbocycles. The summed E-state index contributed by atoms with van der Waals surface area (Å²) in [5.41, 5.74) is -5.53. The second-order valence-electron chi connectivity index (χ2n) is 11.5. The van der Waals surface area contributed by atoms with Gasteiger partial charge in [0.05, 0.1) is 1.37 Å². The first-order valence-corrected chi connectivity index (χ1v) is 13.8. The third kappa shape index (κ3) is 3.30. The first-order valence-electron chi connectivity index (χ1n) is 28.8. The maximum absolute atomic E-state index is 11.0. The summed E-state index contributed by atoms with van der Waals surface area (Å²) < 4.78 is 292. The zero-order valence-corrected chi connectivity index (χ0v) is 22.4. The number of hydrogen-bond donors (Lipinski definition) is 1. The lowest BCUT2D eigenvalue weighted by molar-refractivity contribution is 0.0317. The zero-order chi connectivity index (χ0) is 54.4. The fourth-order valence-corrected chi connectivity index (χ4v) is 7.57. The second kappa shape index (κ2) is 9.11. The lowest BCUT2D eigenvalue weighted by Crippen LogP contribution is -2.45. The predicted molar refractivity (Wildman–Crippen MR) is 171 cm³/mol. The average molecular weight is 574 g/mol. The Morgan fingerprint density at radius 1 is 0.805 bits per heavy atom. The Labute approximate surface area is 290 Å². The Morgan fingerprint density at radius 2 is 1.59 bits per heavy atom. The van der Waals surface area contributed by atoms with E-state index in [2.05, 4.69) is 5.32 Å². The van der Waals surface area contributed by atoms with Crippen LogP contribution in [-0.2, 0) is 5.41 Å². The molecule has 214 valence electrons. The molecule has 7 aliphatic carbocycles. The molecular formula is C40H49N. The lowest BCUT2D eigenvalue weighted by atomic mass is 9.55. The summed E-state index contributed by atoms with van der Waals surface area (Å²) in [5, 5.41) is 2.31. The number of nitrogens with one attached hydrogen (secondary N) is 1. The Bertz CT molecular complexity index is 2800. The fraction of sp³-hybridized carbons (Fsp3) is 0.600. The highest BCUT2D eigenvalue weighted by atomic mass is 15.0. The molecule has 5 fully saturated rings. The molecule has 0 amide bonds. The Morgan fingerprint density at radius 3 is 2.51 bits per heavy atom. The van der Waals surface area contributed by atoms with Crippen LogP contribution in [0.5, 0.6) is 0 Å². The fourth-order valence-electron chi connectivity index (χ4n) is 7.57. The zero-order valence-electron chi connectivity index (χ0n) is 52.4. The maximum atomic E-state index is 11.0. The van der Waals surface area contributed by atoms with Crippen molar-refractivity contribution in [3.05, 3.63) is 77.4 Å². The molecule has 1 nitrogen and oxygen atoms in total. The van der Waals surface area contributed by atoms with Gasteiger partial charge in [0.2, 0.25) is 0 Å². The summed E-state index contributed by atoms with van der Waals surface area (Å²) in [5.74, 6) is -32.6. The molecule has 0 saturated heterocycles. The first-order chi connectivity index (χ1) is 31.4. The van der Waals surface area contributed by atoms with Gasteiger partial charge in [0.25, 0.3) is 0 Å². The van der Waals surface area contributed by atoms with Crippen LogP contribution in [0.2, 0.25) is 0 Å². The van der Waals surface area contributed by atoms with Gasteiger partial charge in [0, 0.05) is 62.3 Å². The van der Waals surface area contributed by atoms with Crippen molar-refractivity contribution in [3.63, 3.8) is 0 Å². The van der Waals surface area contributed by atoms with Gasteiger partial charge in [-0.1, -0.05) is 99.8 Å². The van der Waals surface area contributed by atoms with Crippen molar-refractivity contribution in [2.75, 3.05) is 5.32 Å². The van der Waals surface area contributed by atoms with Gasteiger partial charge in [0.1, 0.15) is 0 Å². The van der Waals surface area contributed by atoms with E-state index in [1.165, 1.54) is 12.1 Å². The quantitative estimate of drug-likeness (QED) is 0.377. The molecular weight excluding hydrogens is 494 g/mol. The van der Waals surface area contributed by atoms with E-state index in [9.17, 15) is 32.9 Å². The topological polar surface area (TPSA) is 12.0 Å². The molecule has 0 heterocycles. The molecule has 7 aliphatic rings. The standard InChI is InChI=1S/C40H49N/c1-39(2)31-16-7-3-12-26(31)29-23-22-25(24-36(29)39)41-37-21-11-20-35-38(37)30-15-6-10-19-34(30)40(35)32-17-8-4-13-27(32)28-14-5-9-18-33(28)40/h3-4,7-8,12,16-17,22-24,27-28,30,33-35,37-38,41H,5-6,9-11,13-15,18-21H2,1-2H3/i5D2,6D2,9D2,10D2,11D2,13D,14D2,15D2,18D2,19D2,20D2,21D2,27D,28D,30D,34D,35D,37D,38D. The monoisotopic (exact) mass is 574 g/mol. The van der Waals surface area contributed by atoms with Crippen LogP contribution in [-0.4, -0.2) is 6.02 Å². The summed E-state index contributed by atoms with van der Waals surface area (Å²) in [6.07, 6.45) is -52.0. The second-order valence-corrected chi connectivity index (χ2v) is 11.5. The summed E-state index contributed by atoms with van der Waals surface area (Å²) in [7, 11) is 0. The van der Waals surface area contributed by atoms with Gasteiger partial charge < -0.3 is 5.32 Å². The molecule has 10 atom stereocenters. The van der Waals surface area contributed by atoms with Crippen LogP contribution in [0.3, 0.4) is 0 Å². The van der Waals surface area contributed by atoms with E-state index in [1.807, 2.05) is 0 Å². The third-order valence-electron chi connectivity index (χ3n) is 9.29. The van der Waals surface area contributed by atoms with Gasteiger partial charge in [-0.3, -0.25) is 0 Å². The van der Waals surface area contributed by atoms with Crippen molar-refractivity contribution < 1.29 is 41.1 Å². The van der Waals surface area contributed by atoms with Crippen LogP contribution in [0.4, 0.5) is 5.69 Å². The van der Waals surface area contributed by atoms with E-state index in [1.54, 1.807) is 38.1 Å². The Hall–Kier alpha value is -2.28. The minimum Gasteiger partial charge on any atom is -0.382 e. The minimum atomic E-state index is -5.11. The van der Waals surface area contributed by atoms with E-state index in [0.29, 0.717) is 28.8 Å². The van der Waals surface area contributed by atoms with Crippen LogP contribution >= 0.6 is 0 Å². The molecule has 0 bridgehead atoms. The molecule has 41 heavy (non-hydrogen) atoms. The highest BCUT2D eigenvalue weighted by molar-refractivity contribution is 5.82. The molecule has 1 heteroatoms. The SMILES string of the molecule is [2H]C1C=CC=C2C1([2H])C1([2H])C(C([2H])([2H])C([2H])([2H])C([2H])([2H])C1([2H])[2H])C21C2([2H])C([2H])([2H])C([2H])([2H])C([2H])([2H])C([2H])([2H])C2([2H])C2([2H])C([2H])(Nc3ccc4c(c3)C(C)(C)c3ccccc3-4)C([2H])([2H])C([2H])([2H])C([2H])([2H])C12[2H]. The van der Waals surface area contributed by atoms with Gasteiger partial charge in [-0.15, -0.1) is 0 Å². The average Bonchev–Trinajstić information content (AvgIpc) is 3.65. The van der Waals surface area contributed by atoms with Crippen LogP contribution in [0.15, 0.2) is 66.3 Å². The third-order valence-corrected chi connectivity index (χ3v) is 9.29. The Kier molecular flexibility index (Phi) is 2.08. The van der Waals surface area contributed by atoms with E-state index in [-0.39, 0.29) is 0 Å². The number of allylic oxidation sites excluding steroid dienone is 4. The maximum Gasteiger partial charge on any atom is 0.0530 e. The van der Waals surface area contributed by atoms with Crippen molar-refractivity contribution in [1.82, 2.24) is 0 Å². The molecule has 0 aromatic heterocycles. The highest BCUT2D eigenvalue weighted by Gasteiger charge is 2.70. The molecule has 1 N–H and O–H groups in total. The van der Waals surface area contributed by atoms with Crippen LogP contribution in [0.25, 0.3) is 11.1 Å². The smallest absolute Gasteiger partial charge is 0.0530 e. The molecule has 10 unspecified atom stereocenters. The molecule has 9 rings (SSSR count). The van der Waals surface area contributed by atoms with Crippen molar-refractivity contribution in [2.45, 2.75) is 102 Å². The van der Waals surface area contributed by atoms with Crippen LogP contribution in [0.1, 0.15) is 143 Å². The summed E-state index contributed by atoms with van der Waals surface area (Å²) in [4.78, 5) is 0. The van der Waals surface area contributed by atoms with Crippen LogP contribution < -0.4 is 5.32 Å². The van der Waals surface area contributed by atoms with Crippen molar-refractivity contribution in [3.8, 4) is 11.1 Å². The van der Waals surface area contributed by atoms with Gasteiger partial charge in [0.15, 0.2) is 0 Å². The minimum absolute atomic E-state index is 0.397. The Balaban J connectivity index is 1.57. The summed E-state index contributed by atoms with van der Waals surface area (Å²) in [6.45, 7) is 3.52. The van der Waals surface area contributed by atoms with E-state index in [0.717, 1.165) is 17.7 Å².